The van der Waals surface area contributed by atoms with Gasteiger partial charge in [0.2, 0.25) is 0 Å². The number of benzene rings is 1. The molecule has 5 nitrogen and oxygen atoms in total. The van der Waals surface area contributed by atoms with E-state index in [9.17, 15) is 13.0 Å². The van der Waals surface area contributed by atoms with Crippen LogP contribution in [-0.2, 0) is 10.1 Å². The van der Waals surface area contributed by atoms with E-state index >= 15 is 0 Å². The quantitative estimate of drug-likeness (QED) is 0.621. The van der Waals surface area contributed by atoms with Crippen LogP contribution in [-0.4, -0.2) is 25.2 Å². The molecule has 25 heavy (non-hydrogen) atoms. The minimum atomic E-state index is -4.31. The summed E-state index contributed by atoms with van der Waals surface area (Å²) in [6, 6.07) is 4.60. The Balaban J connectivity index is 0.00000169. The molecule has 3 rings (SSSR count). The van der Waals surface area contributed by atoms with Crippen LogP contribution >= 0.6 is 0 Å². The predicted molar refractivity (Wildman–Crippen MR) is 92.4 cm³/mol. The van der Waals surface area contributed by atoms with Crippen molar-refractivity contribution >= 4 is 10.1 Å². The molecule has 2 fully saturated rings. The van der Waals surface area contributed by atoms with Gasteiger partial charge in [-0.3, -0.25) is 4.55 Å². The van der Waals surface area contributed by atoms with Gasteiger partial charge in [-0.15, -0.1) is 0 Å². The molecule has 0 spiro atoms. The van der Waals surface area contributed by atoms with Crippen LogP contribution in [0.1, 0.15) is 65.6 Å². The SMILES string of the molecule is O=S(=O)(O)c1ccc(OC2CCCCC2)cc1OC1CCCCC1.[H-].[Na+]. The number of hydrogen-bond donors (Lipinski definition) is 1. The van der Waals surface area contributed by atoms with Crippen LogP contribution in [0.25, 0.3) is 0 Å². The molecule has 2 saturated carbocycles. The van der Waals surface area contributed by atoms with Crippen molar-refractivity contribution in [3.8, 4) is 11.5 Å². The minimum Gasteiger partial charge on any atom is -1.00 e. The normalized spacial score (nSPS) is 19.9. The van der Waals surface area contributed by atoms with Gasteiger partial charge in [-0.1, -0.05) is 12.8 Å². The van der Waals surface area contributed by atoms with E-state index in [1.807, 2.05) is 0 Å². The monoisotopic (exact) mass is 378 g/mol. The molecule has 0 aliphatic heterocycles. The fourth-order valence-corrected chi connectivity index (χ4v) is 4.21. The van der Waals surface area contributed by atoms with Gasteiger partial charge in [-0.2, -0.15) is 8.42 Å². The Labute approximate surface area is 174 Å². The molecular formula is C18H27NaO5S. The zero-order chi connectivity index (χ0) is 17.0. The van der Waals surface area contributed by atoms with Crippen molar-refractivity contribution in [2.75, 3.05) is 0 Å². The fraction of sp³-hybridized carbons (Fsp3) is 0.667. The van der Waals surface area contributed by atoms with Crippen molar-refractivity contribution in [3.05, 3.63) is 18.2 Å². The van der Waals surface area contributed by atoms with Gasteiger partial charge in [0.05, 0.1) is 12.2 Å². The van der Waals surface area contributed by atoms with Crippen LogP contribution < -0.4 is 39.0 Å². The second kappa shape index (κ2) is 9.60. The largest absolute Gasteiger partial charge is 1.00 e. The Bertz CT molecular complexity index is 656. The molecule has 0 heterocycles. The second-order valence-corrected chi connectivity index (χ2v) is 8.23. The summed E-state index contributed by atoms with van der Waals surface area (Å²) in [7, 11) is -4.31. The Kier molecular flexibility index (Phi) is 8.08. The third-order valence-corrected chi connectivity index (χ3v) is 5.79. The molecule has 7 heteroatoms. The van der Waals surface area contributed by atoms with Gasteiger partial charge in [-0.05, 0) is 63.5 Å². The van der Waals surface area contributed by atoms with E-state index in [1.54, 1.807) is 12.1 Å². The maximum Gasteiger partial charge on any atom is 1.00 e. The summed E-state index contributed by atoms with van der Waals surface area (Å²) in [5, 5.41) is 0. The molecule has 1 aromatic rings. The number of ether oxygens (including phenoxy) is 2. The second-order valence-electron chi connectivity index (χ2n) is 6.84. The van der Waals surface area contributed by atoms with E-state index in [0.29, 0.717) is 5.75 Å². The molecule has 0 amide bonds. The van der Waals surface area contributed by atoms with Crippen molar-refractivity contribution in [3.63, 3.8) is 0 Å². The van der Waals surface area contributed by atoms with Crippen molar-refractivity contribution in [1.82, 2.24) is 0 Å². The fourth-order valence-electron chi connectivity index (χ4n) is 3.60. The van der Waals surface area contributed by atoms with Crippen molar-refractivity contribution < 1.29 is 53.4 Å². The summed E-state index contributed by atoms with van der Waals surface area (Å²) in [4.78, 5) is -0.177. The first kappa shape index (κ1) is 21.0. The summed E-state index contributed by atoms with van der Waals surface area (Å²) >= 11 is 0. The average Bonchev–Trinajstić information content (AvgIpc) is 2.56. The van der Waals surface area contributed by atoms with Gasteiger partial charge in [-0.25, -0.2) is 0 Å². The predicted octanol–water partition coefficient (Wildman–Crippen LogP) is 1.47. The molecule has 136 valence electrons. The smallest absolute Gasteiger partial charge is 1.00 e. The molecule has 1 N–H and O–H groups in total. The Morgan fingerprint density at radius 3 is 1.92 bits per heavy atom. The Morgan fingerprint density at radius 2 is 1.40 bits per heavy atom. The van der Waals surface area contributed by atoms with Crippen LogP contribution in [0.4, 0.5) is 0 Å². The summed E-state index contributed by atoms with van der Waals surface area (Å²) < 4.78 is 44.6. The van der Waals surface area contributed by atoms with Crippen LogP contribution in [0.15, 0.2) is 23.1 Å². The number of rotatable bonds is 5. The van der Waals surface area contributed by atoms with Crippen molar-refractivity contribution in [2.45, 2.75) is 81.3 Å². The minimum absolute atomic E-state index is 0. The van der Waals surface area contributed by atoms with E-state index in [4.69, 9.17) is 9.47 Å². The Morgan fingerprint density at radius 1 is 0.880 bits per heavy atom. The van der Waals surface area contributed by atoms with Gasteiger partial charge in [0.1, 0.15) is 16.4 Å². The molecule has 0 saturated heterocycles. The molecule has 1 aromatic carbocycles. The van der Waals surface area contributed by atoms with Gasteiger partial charge in [0.25, 0.3) is 10.1 Å². The van der Waals surface area contributed by atoms with Crippen LogP contribution in [0.2, 0.25) is 0 Å². The molecule has 0 atom stereocenters. The first-order valence-corrected chi connectivity index (χ1v) is 10.4. The van der Waals surface area contributed by atoms with Crippen LogP contribution in [0, 0.1) is 0 Å². The first-order chi connectivity index (χ1) is 11.5. The van der Waals surface area contributed by atoms with Crippen molar-refractivity contribution in [1.29, 1.82) is 0 Å². The van der Waals surface area contributed by atoms with Gasteiger partial charge < -0.3 is 10.9 Å². The van der Waals surface area contributed by atoms with E-state index < -0.39 is 10.1 Å². The Hall–Kier alpha value is -0.270. The molecular weight excluding hydrogens is 351 g/mol. The first-order valence-electron chi connectivity index (χ1n) is 8.97. The summed E-state index contributed by atoms with van der Waals surface area (Å²) in [5.41, 5.74) is 0. The van der Waals surface area contributed by atoms with Crippen molar-refractivity contribution in [2.24, 2.45) is 0 Å². The average molecular weight is 378 g/mol. The van der Waals surface area contributed by atoms with Gasteiger partial charge in [0.15, 0.2) is 0 Å². The van der Waals surface area contributed by atoms with E-state index in [-0.39, 0.29) is 53.8 Å². The van der Waals surface area contributed by atoms with Crippen LogP contribution in [0.5, 0.6) is 11.5 Å². The van der Waals surface area contributed by atoms with E-state index in [0.717, 1.165) is 38.5 Å². The van der Waals surface area contributed by atoms with Crippen LogP contribution in [0.3, 0.4) is 0 Å². The summed E-state index contributed by atoms with van der Waals surface area (Å²) in [5.74, 6) is 0.817. The summed E-state index contributed by atoms with van der Waals surface area (Å²) in [6.07, 6.45) is 11.0. The third kappa shape index (κ3) is 6.14. The molecule has 0 aromatic heterocycles. The maximum atomic E-state index is 11.6. The molecule has 2 aliphatic carbocycles. The molecule has 0 unspecified atom stereocenters. The van der Waals surface area contributed by atoms with E-state index in [1.165, 1.54) is 31.7 Å². The molecule has 0 radical (unpaired) electrons. The zero-order valence-electron chi connectivity index (χ0n) is 15.9. The van der Waals surface area contributed by atoms with E-state index in [2.05, 4.69) is 0 Å². The standard InChI is InChI=1S/C18H26O5S.Na.H/c19-24(20,21)18-12-11-16(22-14-7-3-1-4-8-14)13-17(18)23-15-9-5-2-6-10-15;;/h11-15H,1-10H2,(H,19,20,21);;/q;+1;-1. The number of hydrogen-bond acceptors (Lipinski definition) is 4. The molecule has 2 aliphatic rings. The van der Waals surface area contributed by atoms with Gasteiger partial charge in [0, 0.05) is 6.07 Å². The topological polar surface area (TPSA) is 72.8 Å². The summed E-state index contributed by atoms with van der Waals surface area (Å²) in [6.45, 7) is 0. The maximum absolute atomic E-state index is 11.6. The molecule has 0 bridgehead atoms. The van der Waals surface area contributed by atoms with Gasteiger partial charge >= 0.3 is 29.6 Å². The third-order valence-electron chi connectivity index (χ3n) is 4.89. The zero-order valence-corrected chi connectivity index (χ0v) is 17.8.